The second-order valence-corrected chi connectivity index (χ2v) is 18.8. The summed E-state index contributed by atoms with van der Waals surface area (Å²) < 4.78 is 16.8. The number of carbonyl (C=O) groups excluding carboxylic acids is 3. The van der Waals surface area contributed by atoms with E-state index in [-0.39, 0.29) is 31.1 Å². The van der Waals surface area contributed by atoms with E-state index in [1.165, 1.54) is 161 Å². The molecule has 0 aliphatic carbocycles. The Hall–Kier alpha value is -2.37. The van der Waals surface area contributed by atoms with Crippen molar-refractivity contribution >= 4 is 17.9 Å². The average Bonchev–Trinajstić information content (AvgIpc) is 3.29. The first kappa shape index (κ1) is 61.6. The van der Waals surface area contributed by atoms with Crippen molar-refractivity contribution in [1.82, 2.24) is 0 Å². The summed E-state index contributed by atoms with van der Waals surface area (Å²) in [5, 5.41) is 0. The quantitative estimate of drug-likeness (QED) is 0.0262. The SMILES string of the molecule is CC/C=C\C/C=C\C/C=C\CCCCCCCC(=O)OC[C@H](COC(=O)CCCCCCCCCCCCCCCCCCCCC)OC(=O)CCCCCCCCCCCCCC. The number of rotatable bonds is 51. The molecule has 0 N–H and O–H groups in total. The van der Waals surface area contributed by atoms with Crippen LogP contribution in [0.5, 0.6) is 0 Å². The Morgan fingerprint density at radius 3 is 0.953 bits per heavy atom. The lowest BCUT2D eigenvalue weighted by atomic mass is 10.0. The molecule has 0 saturated heterocycles. The van der Waals surface area contributed by atoms with Crippen LogP contribution in [0.4, 0.5) is 0 Å². The average molecular weight is 899 g/mol. The summed E-state index contributed by atoms with van der Waals surface area (Å²) in [6, 6.07) is 0. The van der Waals surface area contributed by atoms with Crippen molar-refractivity contribution in [3.63, 3.8) is 0 Å². The van der Waals surface area contributed by atoms with Crippen LogP contribution >= 0.6 is 0 Å². The molecule has 0 unspecified atom stereocenters. The highest BCUT2D eigenvalue weighted by atomic mass is 16.6. The minimum atomic E-state index is -0.774. The Balaban J connectivity index is 4.30. The van der Waals surface area contributed by atoms with Gasteiger partial charge in [-0.15, -0.1) is 0 Å². The molecule has 0 fully saturated rings. The van der Waals surface area contributed by atoms with Gasteiger partial charge in [-0.3, -0.25) is 14.4 Å². The van der Waals surface area contributed by atoms with Gasteiger partial charge in [0.1, 0.15) is 13.2 Å². The number of hydrogen-bond donors (Lipinski definition) is 0. The second kappa shape index (κ2) is 53.2. The standard InChI is InChI=1S/C58H106O6/c1-4-7-10-13-16-19-22-25-27-28-29-30-32-34-37-39-42-45-48-51-57(60)63-54-55(64-58(61)52-49-46-43-40-35-24-21-18-15-12-9-6-3)53-62-56(59)50-47-44-41-38-36-33-31-26-23-20-17-14-11-8-5-2/h8,11,17,20,26,31,55H,4-7,9-10,12-16,18-19,21-25,27-30,32-54H2,1-3H3/b11-8-,20-17-,31-26-/t55-/m1/s1. The Morgan fingerprint density at radius 2 is 0.609 bits per heavy atom. The lowest BCUT2D eigenvalue weighted by Gasteiger charge is -2.18. The van der Waals surface area contributed by atoms with Crippen molar-refractivity contribution in [2.45, 2.75) is 303 Å². The summed E-state index contributed by atoms with van der Waals surface area (Å²) in [7, 11) is 0. The number of allylic oxidation sites excluding steroid dienone is 6. The Morgan fingerprint density at radius 1 is 0.328 bits per heavy atom. The highest BCUT2D eigenvalue weighted by Crippen LogP contribution is 2.17. The summed E-state index contributed by atoms with van der Waals surface area (Å²) in [6.07, 6.45) is 62.8. The van der Waals surface area contributed by atoms with Crippen LogP contribution in [0.1, 0.15) is 297 Å². The van der Waals surface area contributed by atoms with E-state index in [2.05, 4.69) is 57.2 Å². The van der Waals surface area contributed by atoms with E-state index in [1.54, 1.807) is 0 Å². The number of esters is 3. The first-order valence-electron chi connectivity index (χ1n) is 28.0. The van der Waals surface area contributed by atoms with Gasteiger partial charge >= 0.3 is 17.9 Å². The highest BCUT2D eigenvalue weighted by Gasteiger charge is 2.19. The van der Waals surface area contributed by atoms with Crippen LogP contribution in [0.3, 0.4) is 0 Å². The molecular formula is C58H106O6. The fraction of sp³-hybridized carbons (Fsp3) is 0.845. The van der Waals surface area contributed by atoms with E-state index in [9.17, 15) is 14.4 Å². The van der Waals surface area contributed by atoms with Gasteiger partial charge in [0, 0.05) is 19.3 Å². The predicted molar refractivity (Wildman–Crippen MR) is 275 cm³/mol. The van der Waals surface area contributed by atoms with Gasteiger partial charge in [-0.25, -0.2) is 0 Å². The van der Waals surface area contributed by atoms with Crippen LogP contribution in [-0.2, 0) is 28.6 Å². The fourth-order valence-electron chi connectivity index (χ4n) is 8.22. The largest absolute Gasteiger partial charge is 0.462 e. The zero-order valence-electron chi connectivity index (χ0n) is 42.8. The minimum absolute atomic E-state index is 0.0730. The van der Waals surface area contributed by atoms with Crippen molar-refractivity contribution in [1.29, 1.82) is 0 Å². The van der Waals surface area contributed by atoms with E-state index in [4.69, 9.17) is 14.2 Å². The number of hydrogen-bond acceptors (Lipinski definition) is 6. The number of ether oxygens (including phenoxy) is 3. The third kappa shape index (κ3) is 50.6. The predicted octanol–water partition coefficient (Wildman–Crippen LogP) is 18.5. The highest BCUT2D eigenvalue weighted by molar-refractivity contribution is 5.71. The number of unbranched alkanes of at least 4 members (excludes halogenated alkanes) is 34. The smallest absolute Gasteiger partial charge is 0.306 e. The molecule has 0 bridgehead atoms. The van der Waals surface area contributed by atoms with E-state index in [0.717, 1.165) is 96.3 Å². The molecule has 1 atom stereocenters. The molecule has 0 saturated carbocycles. The van der Waals surface area contributed by atoms with E-state index in [0.29, 0.717) is 19.3 Å². The topological polar surface area (TPSA) is 78.9 Å². The number of carbonyl (C=O) groups is 3. The van der Waals surface area contributed by atoms with E-state index < -0.39 is 6.10 Å². The third-order valence-corrected chi connectivity index (χ3v) is 12.4. The van der Waals surface area contributed by atoms with E-state index >= 15 is 0 Å². The van der Waals surface area contributed by atoms with Crippen LogP contribution in [0.25, 0.3) is 0 Å². The molecule has 6 nitrogen and oxygen atoms in total. The van der Waals surface area contributed by atoms with Crippen molar-refractivity contribution in [3.8, 4) is 0 Å². The lowest BCUT2D eigenvalue weighted by molar-refractivity contribution is -0.167. The summed E-state index contributed by atoms with van der Waals surface area (Å²) in [5.74, 6) is -0.874. The molecule has 374 valence electrons. The van der Waals surface area contributed by atoms with Gasteiger partial charge in [-0.2, -0.15) is 0 Å². The van der Waals surface area contributed by atoms with Crippen LogP contribution in [-0.4, -0.2) is 37.2 Å². The molecule has 0 aliphatic heterocycles. The fourth-order valence-corrected chi connectivity index (χ4v) is 8.22. The van der Waals surface area contributed by atoms with Crippen molar-refractivity contribution < 1.29 is 28.6 Å². The summed E-state index contributed by atoms with van der Waals surface area (Å²) >= 11 is 0. The van der Waals surface area contributed by atoms with Gasteiger partial charge in [0.2, 0.25) is 0 Å². The normalized spacial score (nSPS) is 12.2. The van der Waals surface area contributed by atoms with Crippen LogP contribution in [0, 0.1) is 0 Å². The molecule has 64 heavy (non-hydrogen) atoms. The van der Waals surface area contributed by atoms with Gasteiger partial charge in [0.05, 0.1) is 0 Å². The van der Waals surface area contributed by atoms with Gasteiger partial charge in [0.25, 0.3) is 0 Å². The lowest BCUT2D eigenvalue weighted by Crippen LogP contribution is -2.30. The molecule has 0 aromatic rings. The Bertz CT molecular complexity index is 1080. The van der Waals surface area contributed by atoms with Crippen molar-refractivity contribution in [2.75, 3.05) is 13.2 Å². The zero-order valence-corrected chi connectivity index (χ0v) is 42.8. The second-order valence-electron chi connectivity index (χ2n) is 18.8. The van der Waals surface area contributed by atoms with Crippen LogP contribution in [0.15, 0.2) is 36.5 Å². The molecule has 0 radical (unpaired) electrons. The maximum absolute atomic E-state index is 12.8. The summed E-state index contributed by atoms with van der Waals surface area (Å²) in [4.78, 5) is 38.1. The Kier molecular flexibility index (Phi) is 51.3. The first-order valence-corrected chi connectivity index (χ1v) is 28.0. The van der Waals surface area contributed by atoms with E-state index in [1.807, 2.05) is 0 Å². The van der Waals surface area contributed by atoms with Crippen molar-refractivity contribution in [2.24, 2.45) is 0 Å². The molecule has 0 aromatic carbocycles. The summed E-state index contributed by atoms with van der Waals surface area (Å²) in [5.41, 5.74) is 0. The molecule has 0 rings (SSSR count). The maximum atomic E-state index is 12.8. The minimum Gasteiger partial charge on any atom is -0.462 e. The van der Waals surface area contributed by atoms with Gasteiger partial charge < -0.3 is 14.2 Å². The molecule has 0 aliphatic rings. The van der Waals surface area contributed by atoms with Gasteiger partial charge in [-0.1, -0.05) is 263 Å². The zero-order chi connectivity index (χ0) is 46.5. The maximum Gasteiger partial charge on any atom is 0.306 e. The van der Waals surface area contributed by atoms with Crippen LogP contribution in [0.2, 0.25) is 0 Å². The molecule has 0 amide bonds. The first-order chi connectivity index (χ1) is 31.5. The molecule has 0 heterocycles. The van der Waals surface area contributed by atoms with Gasteiger partial charge in [-0.05, 0) is 51.4 Å². The third-order valence-electron chi connectivity index (χ3n) is 12.4. The summed E-state index contributed by atoms with van der Waals surface area (Å²) in [6.45, 7) is 6.55. The monoisotopic (exact) mass is 899 g/mol. The molecule has 0 spiro atoms. The molecular weight excluding hydrogens is 793 g/mol. The van der Waals surface area contributed by atoms with Gasteiger partial charge in [0.15, 0.2) is 6.10 Å². The van der Waals surface area contributed by atoms with Crippen molar-refractivity contribution in [3.05, 3.63) is 36.5 Å². The van der Waals surface area contributed by atoms with Crippen LogP contribution < -0.4 is 0 Å². The Labute approximate surface area is 397 Å². The molecule has 0 aromatic heterocycles. The molecule has 6 heteroatoms.